The van der Waals surface area contributed by atoms with Crippen LogP contribution in [0.3, 0.4) is 0 Å². The second-order valence-corrected chi connectivity index (χ2v) is 8.43. The third-order valence-corrected chi connectivity index (χ3v) is 6.22. The van der Waals surface area contributed by atoms with E-state index in [1.165, 1.54) is 23.1 Å². The first-order valence-electron chi connectivity index (χ1n) is 10.9. The SMILES string of the molecule is O=C(Cc1coc2cc3c(cc12)CCC3)NC[C@@H]1CN(Cc2ccccc2)CCO1. The van der Waals surface area contributed by atoms with Gasteiger partial charge in [-0.25, -0.2) is 0 Å². The van der Waals surface area contributed by atoms with Crippen LogP contribution in [0, 0.1) is 0 Å². The summed E-state index contributed by atoms with van der Waals surface area (Å²) in [6.45, 7) is 3.90. The number of nitrogens with zero attached hydrogens (tertiary/aromatic N) is 1. The Morgan fingerprint density at radius 1 is 1.13 bits per heavy atom. The number of nitrogens with one attached hydrogen (secondary N) is 1. The van der Waals surface area contributed by atoms with Crippen molar-refractivity contribution in [2.75, 3.05) is 26.2 Å². The maximum atomic E-state index is 12.6. The normalized spacial score (nSPS) is 19.1. The van der Waals surface area contributed by atoms with Crippen LogP contribution in [0.2, 0.25) is 0 Å². The molecule has 0 bridgehead atoms. The molecule has 1 aliphatic heterocycles. The molecule has 30 heavy (non-hydrogen) atoms. The number of ether oxygens (including phenoxy) is 1. The van der Waals surface area contributed by atoms with Gasteiger partial charge in [-0.1, -0.05) is 30.3 Å². The molecule has 0 radical (unpaired) electrons. The highest BCUT2D eigenvalue weighted by molar-refractivity contribution is 5.88. The number of amides is 1. The van der Waals surface area contributed by atoms with E-state index < -0.39 is 0 Å². The molecule has 1 amide bonds. The highest BCUT2D eigenvalue weighted by atomic mass is 16.5. The molecule has 1 atom stereocenters. The van der Waals surface area contributed by atoms with Gasteiger partial charge >= 0.3 is 0 Å². The number of hydrogen-bond donors (Lipinski definition) is 1. The lowest BCUT2D eigenvalue weighted by molar-refractivity contribution is -0.121. The van der Waals surface area contributed by atoms with Crippen LogP contribution in [0.1, 0.15) is 28.7 Å². The minimum Gasteiger partial charge on any atom is -0.464 e. The van der Waals surface area contributed by atoms with E-state index in [1.54, 1.807) is 6.26 Å². The van der Waals surface area contributed by atoms with Crippen LogP contribution in [0.4, 0.5) is 0 Å². The molecule has 5 nitrogen and oxygen atoms in total. The molecule has 0 saturated carbocycles. The summed E-state index contributed by atoms with van der Waals surface area (Å²) in [5.41, 5.74) is 5.96. The fraction of sp³-hybridized carbons (Fsp3) is 0.400. The van der Waals surface area contributed by atoms with E-state index in [9.17, 15) is 4.79 Å². The van der Waals surface area contributed by atoms with Crippen molar-refractivity contribution in [2.45, 2.75) is 38.3 Å². The number of aryl methyl sites for hydroxylation is 2. The lowest BCUT2D eigenvalue weighted by Gasteiger charge is -2.33. The van der Waals surface area contributed by atoms with Gasteiger partial charge in [-0.05, 0) is 48.1 Å². The number of hydrogen-bond acceptors (Lipinski definition) is 4. The second kappa shape index (κ2) is 8.62. The number of carbonyl (C=O) groups excluding carboxylic acids is 1. The first-order chi connectivity index (χ1) is 14.7. The summed E-state index contributed by atoms with van der Waals surface area (Å²) in [5, 5.41) is 4.14. The van der Waals surface area contributed by atoms with Crippen molar-refractivity contribution in [1.82, 2.24) is 10.2 Å². The van der Waals surface area contributed by atoms with Crippen molar-refractivity contribution in [3.8, 4) is 0 Å². The van der Waals surface area contributed by atoms with Crippen molar-refractivity contribution >= 4 is 16.9 Å². The second-order valence-electron chi connectivity index (χ2n) is 8.43. The lowest BCUT2D eigenvalue weighted by atomic mass is 10.0. The van der Waals surface area contributed by atoms with Crippen molar-refractivity contribution in [3.63, 3.8) is 0 Å². The Morgan fingerprint density at radius 3 is 2.83 bits per heavy atom. The Kier molecular flexibility index (Phi) is 5.56. The van der Waals surface area contributed by atoms with Crippen LogP contribution in [0.15, 0.2) is 53.1 Å². The fourth-order valence-corrected chi connectivity index (χ4v) is 4.64. The summed E-state index contributed by atoms with van der Waals surface area (Å²) < 4.78 is 11.6. The molecule has 5 heteroatoms. The summed E-state index contributed by atoms with van der Waals surface area (Å²) in [4.78, 5) is 15.0. The zero-order valence-corrected chi connectivity index (χ0v) is 17.2. The van der Waals surface area contributed by atoms with E-state index in [-0.39, 0.29) is 12.0 Å². The quantitative estimate of drug-likeness (QED) is 0.683. The topological polar surface area (TPSA) is 54.7 Å². The summed E-state index contributed by atoms with van der Waals surface area (Å²) >= 11 is 0. The van der Waals surface area contributed by atoms with Gasteiger partial charge in [-0.15, -0.1) is 0 Å². The Labute approximate surface area is 177 Å². The monoisotopic (exact) mass is 404 g/mol. The van der Waals surface area contributed by atoms with E-state index in [2.05, 4.69) is 46.6 Å². The van der Waals surface area contributed by atoms with Crippen molar-refractivity contribution in [1.29, 1.82) is 0 Å². The largest absolute Gasteiger partial charge is 0.464 e. The molecule has 1 saturated heterocycles. The number of morpholine rings is 1. The predicted octanol–water partition coefficient (Wildman–Crippen LogP) is 3.48. The summed E-state index contributed by atoms with van der Waals surface area (Å²) in [5.74, 6) is 0.0157. The number of benzene rings is 2. The van der Waals surface area contributed by atoms with Gasteiger partial charge in [-0.3, -0.25) is 9.69 Å². The molecule has 1 aliphatic carbocycles. The van der Waals surface area contributed by atoms with Crippen LogP contribution < -0.4 is 5.32 Å². The first kappa shape index (κ1) is 19.3. The van der Waals surface area contributed by atoms with Crippen molar-refractivity contribution in [3.05, 3.63) is 71.0 Å². The molecular formula is C25H28N2O3. The number of furan rings is 1. The third-order valence-electron chi connectivity index (χ3n) is 6.22. The molecule has 1 fully saturated rings. The number of fused-ring (bicyclic) bond motifs is 2. The molecule has 2 aromatic carbocycles. The third kappa shape index (κ3) is 4.27. The van der Waals surface area contributed by atoms with Gasteiger partial charge in [0.2, 0.25) is 5.91 Å². The fourth-order valence-electron chi connectivity index (χ4n) is 4.64. The zero-order valence-electron chi connectivity index (χ0n) is 17.2. The van der Waals surface area contributed by atoms with Crippen molar-refractivity contribution < 1.29 is 13.9 Å². The average Bonchev–Trinajstić information content (AvgIpc) is 3.38. The lowest BCUT2D eigenvalue weighted by Crippen LogP contribution is -2.47. The highest BCUT2D eigenvalue weighted by Crippen LogP contribution is 2.30. The standard InChI is InChI=1S/C25H28N2O3/c28-25(13-21-17-30-24-12-20-8-4-7-19(20)11-23(21)24)26-14-22-16-27(9-10-29-22)15-18-5-2-1-3-6-18/h1-3,5-6,11-12,17,22H,4,7-10,13-16H2,(H,26,28)/t22-/m1/s1. The predicted molar refractivity (Wildman–Crippen MR) is 116 cm³/mol. The van der Waals surface area contributed by atoms with E-state index in [0.29, 0.717) is 19.6 Å². The maximum absolute atomic E-state index is 12.6. The van der Waals surface area contributed by atoms with Gasteiger partial charge in [0.1, 0.15) is 5.58 Å². The number of rotatable bonds is 6. The van der Waals surface area contributed by atoms with E-state index in [0.717, 1.165) is 49.0 Å². The van der Waals surface area contributed by atoms with Gasteiger partial charge < -0.3 is 14.5 Å². The van der Waals surface area contributed by atoms with E-state index in [4.69, 9.17) is 9.15 Å². The van der Waals surface area contributed by atoms with Gasteiger partial charge in [0.25, 0.3) is 0 Å². The molecule has 0 unspecified atom stereocenters. The Bertz CT molecular complexity index is 1030. The van der Waals surface area contributed by atoms with Crippen LogP contribution in [-0.4, -0.2) is 43.2 Å². The van der Waals surface area contributed by atoms with Gasteiger partial charge in [0.05, 0.1) is 25.4 Å². The van der Waals surface area contributed by atoms with E-state index in [1.807, 2.05) is 6.07 Å². The zero-order chi connectivity index (χ0) is 20.3. The Morgan fingerprint density at radius 2 is 1.97 bits per heavy atom. The molecule has 156 valence electrons. The highest BCUT2D eigenvalue weighted by Gasteiger charge is 2.22. The Balaban J connectivity index is 1.15. The van der Waals surface area contributed by atoms with Crippen LogP contribution in [0.5, 0.6) is 0 Å². The van der Waals surface area contributed by atoms with Gasteiger partial charge in [0, 0.05) is 37.1 Å². The van der Waals surface area contributed by atoms with Gasteiger partial charge in [-0.2, -0.15) is 0 Å². The van der Waals surface area contributed by atoms with Crippen molar-refractivity contribution in [2.24, 2.45) is 0 Å². The van der Waals surface area contributed by atoms with Crippen LogP contribution in [-0.2, 0) is 35.3 Å². The van der Waals surface area contributed by atoms with Gasteiger partial charge in [0.15, 0.2) is 0 Å². The molecular weight excluding hydrogens is 376 g/mol. The summed E-state index contributed by atoms with van der Waals surface area (Å²) in [7, 11) is 0. The molecule has 2 aliphatic rings. The Hall–Kier alpha value is -2.63. The first-order valence-corrected chi connectivity index (χ1v) is 10.9. The van der Waals surface area contributed by atoms with Crippen LogP contribution >= 0.6 is 0 Å². The smallest absolute Gasteiger partial charge is 0.224 e. The average molecular weight is 405 g/mol. The molecule has 1 N–H and O–H groups in total. The molecule has 2 heterocycles. The number of carbonyl (C=O) groups is 1. The molecule has 0 spiro atoms. The van der Waals surface area contributed by atoms with E-state index >= 15 is 0 Å². The molecule has 1 aromatic heterocycles. The molecule has 5 rings (SSSR count). The minimum atomic E-state index is 0.0157. The minimum absolute atomic E-state index is 0.0157. The summed E-state index contributed by atoms with van der Waals surface area (Å²) in [6, 6.07) is 14.8. The van der Waals surface area contributed by atoms with Crippen LogP contribution in [0.25, 0.3) is 11.0 Å². The maximum Gasteiger partial charge on any atom is 0.224 e. The summed E-state index contributed by atoms with van der Waals surface area (Å²) in [6.07, 6.45) is 5.56. The molecule has 3 aromatic rings.